The summed E-state index contributed by atoms with van der Waals surface area (Å²) in [6, 6.07) is 0.637. The van der Waals surface area contributed by atoms with Gasteiger partial charge in [-0.2, -0.15) is 0 Å². The summed E-state index contributed by atoms with van der Waals surface area (Å²) in [6.07, 6.45) is 11.0. The molecule has 3 aliphatic rings. The van der Waals surface area contributed by atoms with E-state index < -0.39 is 0 Å². The summed E-state index contributed by atoms with van der Waals surface area (Å²) >= 11 is 1.97. The van der Waals surface area contributed by atoms with Crippen LogP contribution in [0.15, 0.2) is 4.99 Å². The molecule has 2 nitrogen and oxygen atoms in total. The smallest absolute Gasteiger partial charge is 0.157 e. The normalized spacial score (nSPS) is 36.2. The summed E-state index contributed by atoms with van der Waals surface area (Å²) < 4.78 is 0. The van der Waals surface area contributed by atoms with Crippen LogP contribution in [0.25, 0.3) is 0 Å². The molecule has 0 radical (unpaired) electrons. The van der Waals surface area contributed by atoms with Crippen LogP contribution in [0, 0.1) is 5.92 Å². The highest BCUT2D eigenvalue weighted by Gasteiger charge is 2.33. The number of rotatable bonds is 1. The lowest BCUT2D eigenvalue weighted by Crippen LogP contribution is -2.45. The van der Waals surface area contributed by atoms with E-state index in [-0.39, 0.29) is 0 Å². The third kappa shape index (κ3) is 2.64. The third-order valence-corrected chi connectivity index (χ3v) is 5.78. The lowest BCUT2D eigenvalue weighted by atomic mass is 9.86. The lowest BCUT2D eigenvalue weighted by molar-refractivity contribution is 0.333. The Bertz CT molecular complexity index is 307. The van der Waals surface area contributed by atoms with E-state index in [4.69, 9.17) is 4.99 Å². The number of fused-ring (bicyclic) bond motifs is 1. The van der Waals surface area contributed by atoms with Crippen molar-refractivity contribution in [2.24, 2.45) is 10.9 Å². The Labute approximate surface area is 109 Å². The SMILES string of the molecule is CC1(NC2=NC3CCCCC3CS2)CCCC1. The van der Waals surface area contributed by atoms with Gasteiger partial charge in [0, 0.05) is 11.3 Å². The molecular formula is C14H24N2S. The number of hydrogen-bond donors (Lipinski definition) is 1. The quantitative estimate of drug-likeness (QED) is 0.771. The standard InChI is InChI=1S/C14H24N2S/c1-14(8-4-5-9-14)16-13-15-12-7-3-2-6-11(12)10-17-13/h11-12H,2-10H2,1H3,(H,15,16). The molecule has 2 aliphatic carbocycles. The fraction of sp³-hybridized carbons (Fsp3) is 0.929. The molecule has 1 N–H and O–H groups in total. The van der Waals surface area contributed by atoms with Gasteiger partial charge in [-0.15, -0.1) is 0 Å². The van der Waals surface area contributed by atoms with Crippen LogP contribution < -0.4 is 5.32 Å². The van der Waals surface area contributed by atoms with E-state index in [0.29, 0.717) is 11.6 Å². The van der Waals surface area contributed by atoms with Crippen molar-refractivity contribution >= 4 is 16.9 Å². The molecule has 0 bridgehead atoms. The van der Waals surface area contributed by atoms with E-state index in [9.17, 15) is 0 Å². The molecule has 0 spiro atoms. The van der Waals surface area contributed by atoms with Gasteiger partial charge in [-0.25, -0.2) is 0 Å². The monoisotopic (exact) mass is 252 g/mol. The molecule has 96 valence electrons. The predicted octanol–water partition coefficient (Wildman–Crippen LogP) is 3.57. The Morgan fingerprint density at radius 1 is 1.18 bits per heavy atom. The minimum atomic E-state index is 0.341. The average molecular weight is 252 g/mol. The molecule has 0 aromatic carbocycles. The van der Waals surface area contributed by atoms with Crippen LogP contribution in [0.5, 0.6) is 0 Å². The molecular weight excluding hydrogens is 228 g/mol. The van der Waals surface area contributed by atoms with Crippen LogP contribution in [0.3, 0.4) is 0 Å². The summed E-state index contributed by atoms with van der Waals surface area (Å²) in [5, 5.41) is 4.99. The summed E-state index contributed by atoms with van der Waals surface area (Å²) in [7, 11) is 0. The largest absolute Gasteiger partial charge is 0.360 e. The zero-order valence-corrected chi connectivity index (χ0v) is 11.7. The Morgan fingerprint density at radius 2 is 1.94 bits per heavy atom. The van der Waals surface area contributed by atoms with Crippen LogP contribution in [0.2, 0.25) is 0 Å². The zero-order valence-electron chi connectivity index (χ0n) is 10.9. The first-order chi connectivity index (χ1) is 8.25. The molecule has 1 aliphatic heterocycles. The highest BCUT2D eigenvalue weighted by molar-refractivity contribution is 8.13. The van der Waals surface area contributed by atoms with Gasteiger partial charge < -0.3 is 5.32 Å². The van der Waals surface area contributed by atoms with Gasteiger partial charge in [0.1, 0.15) is 0 Å². The topological polar surface area (TPSA) is 24.4 Å². The first kappa shape index (κ1) is 11.9. The average Bonchev–Trinajstić information content (AvgIpc) is 2.76. The minimum Gasteiger partial charge on any atom is -0.360 e. The van der Waals surface area contributed by atoms with Gasteiger partial charge in [-0.1, -0.05) is 37.4 Å². The minimum absolute atomic E-state index is 0.341. The van der Waals surface area contributed by atoms with Gasteiger partial charge in [0.2, 0.25) is 0 Å². The highest BCUT2D eigenvalue weighted by atomic mass is 32.2. The lowest BCUT2D eigenvalue weighted by Gasteiger charge is -2.35. The van der Waals surface area contributed by atoms with Gasteiger partial charge in [0.25, 0.3) is 0 Å². The number of nitrogens with one attached hydrogen (secondary N) is 1. The van der Waals surface area contributed by atoms with E-state index in [0.717, 1.165) is 5.92 Å². The molecule has 2 saturated carbocycles. The van der Waals surface area contributed by atoms with E-state index in [1.807, 2.05) is 11.8 Å². The molecule has 0 amide bonds. The van der Waals surface area contributed by atoms with E-state index >= 15 is 0 Å². The Morgan fingerprint density at radius 3 is 2.76 bits per heavy atom. The first-order valence-corrected chi connectivity index (χ1v) is 8.23. The molecule has 0 aromatic heterocycles. The van der Waals surface area contributed by atoms with E-state index in [2.05, 4.69) is 12.2 Å². The van der Waals surface area contributed by atoms with E-state index in [1.54, 1.807) is 0 Å². The van der Waals surface area contributed by atoms with Gasteiger partial charge in [-0.3, -0.25) is 4.99 Å². The van der Waals surface area contributed by atoms with Crippen molar-refractivity contribution in [3.63, 3.8) is 0 Å². The molecule has 17 heavy (non-hydrogen) atoms. The second-order valence-corrected chi connectivity index (χ2v) is 7.26. The molecule has 0 saturated heterocycles. The number of thioether (sulfide) groups is 1. The van der Waals surface area contributed by atoms with Crippen molar-refractivity contribution in [1.82, 2.24) is 5.32 Å². The maximum Gasteiger partial charge on any atom is 0.157 e. The van der Waals surface area contributed by atoms with Crippen molar-refractivity contribution in [1.29, 1.82) is 0 Å². The van der Waals surface area contributed by atoms with Crippen LogP contribution in [-0.2, 0) is 0 Å². The fourth-order valence-corrected chi connectivity index (χ4v) is 4.82. The summed E-state index contributed by atoms with van der Waals surface area (Å²) in [5.41, 5.74) is 0.341. The third-order valence-electron chi connectivity index (χ3n) is 4.70. The number of amidine groups is 1. The molecule has 3 rings (SSSR count). The van der Waals surface area contributed by atoms with Crippen LogP contribution in [0.4, 0.5) is 0 Å². The molecule has 2 atom stereocenters. The molecule has 2 unspecified atom stereocenters. The Kier molecular flexibility index (Phi) is 3.38. The fourth-order valence-electron chi connectivity index (χ4n) is 3.53. The molecule has 3 heteroatoms. The van der Waals surface area contributed by atoms with Gasteiger partial charge in [0.05, 0.1) is 6.04 Å². The van der Waals surface area contributed by atoms with Gasteiger partial charge in [-0.05, 0) is 38.5 Å². The number of hydrogen-bond acceptors (Lipinski definition) is 3. The van der Waals surface area contributed by atoms with Crippen molar-refractivity contribution in [3.05, 3.63) is 0 Å². The molecule has 2 fully saturated rings. The highest BCUT2D eigenvalue weighted by Crippen LogP contribution is 2.35. The molecule has 1 heterocycles. The first-order valence-electron chi connectivity index (χ1n) is 7.24. The van der Waals surface area contributed by atoms with Crippen LogP contribution >= 0.6 is 11.8 Å². The Balaban J connectivity index is 1.65. The van der Waals surface area contributed by atoms with Crippen molar-refractivity contribution in [2.45, 2.75) is 69.9 Å². The second kappa shape index (κ2) is 4.83. The van der Waals surface area contributed by atoms with Gasteiger partial charge in [0.15, 0.2) is 5.17 Å². The summed E-state index contributed by atoms with van der Waals surface area (Å²) in [5.74, 6) is 2.17. The number of nitrogens with zero attached hydrogens (tertiary/aromatic N) is 1. The number of aliphatic imine (C=N–C) groups is 1. The van der Waals surface area contributed by atoms with Crippen molar-refractivity contribution in [2.75, 3.05) is 5.75 Å². The summed E-state index contributed by atoms with van der Waals surface area (Å²) in [6.45, 7) is 2.37. The zero-order chi connectivity index (χ0) is 11.7. The predicted molar refractivity (Wildman–Crippen MR) is 75.6 cm³/mol. The van der Waals surface area contributed by atoms with E-state index in [1.165, 1.54) is 62.3 Å². The van der Waals surface area contributed by atoms with Gasteiger partial charge >= 0.3 is 0 Å². The van der Waals surface area contributed by atoms with Crippen LogP contribution in [0.1, 0.15) is 58.3 Å². The maximum atomic E-state index is 4.98. The second-order valence-electron chi connectivity index (χ2n) is 6.25. The van der Waals surface area contributed by atoms with Crippen molar-refractivity contribution in [3.8, 4) is 0 Å². The van der Waals surface area contributed by atoms with Crippen molar-refractivity contribution < 1.29 is 0 Å². The van der Waals surface area contributed by atoms with Crippen LogP contribution in [-0.4, -0.2) is 22.5 Å². The Hall–Kier alpha value is -0.180. The molecule has 0 aromatic rings. The summed E-state index contributed by atoms with van der Waals surface area (Å²) in [4.78, 5) is 4.98. The maximum absolute atomic E-state index is 4.98.